The SMILES string of the molecule is COc1ccc(C[C@@H]2CCC[C@H]2NC(C)=O)cc1OC. The van der Waals surface area contributed by atoms with Crippen LogP contribution in [0.3, 0.4) is 0 Å². The first-order valence-corrected chi connectivity index (χ1v) is 7.12. The molecule has 0 aliphatic heterocycles. The minimum absolute atomic E-state index is 0.0641. The molecule has 4 heteroatoms. The zero-order chi connectivity index (χ0) is 14.5. The summed E-state index contributed by atoms with van der Waals surface area (Å²) < 4.78 is 10.6. The van der Waals surface area contributed by atoms with Gasteiger partial charge in [-0.15, -0.1) is 0 Å². The van der Waals surface area contributed by atoms with Crippen LogP contribution in [0.1, 0.15) is 31.7 Å². The van der Waals surface area contributed by atoms with Gasteiger partial charge < -0.3 is 14.8 Å². The number of amides is 1. The number of ether oxygens (including phenoxy) is 2. The largest absolute Gasteiger partial charge is 0.493 e. The molecule has 0 spiro atoms. The number of hydrogen-bond acceptors (Lipinski definition) is 3. The first kappa shape index (κ1) is 14.7. The van der Waals surface area contributed by atoms with E-state index in [1.807, 2.05) is 12.1 Å². The van der Waals surface area contributed by atoms with Crippen LogP contribution in [0, 0.1) is 5.92 Å². The molecule has 4 nitrogen and oxygen atoms in total. The van der Waals surface area contributed by atoms with Gasteiger partial charge in [-0.2, -0.15) is 0 Å². The average Bonchev–Trinajstić information content (AvgIpc) is 2.85. The Kier molecular flexibility index (Phi) is 4.88. The molecule has 1 aliphatic rings. The lowest BCUT2D eigenvalue weighted by Gasteiger charge is -2.20. The van der Waals surface area contributed by atoms with Gasteiger partial charge in [-0.1, -0.05) is 12.5 Å². The van der Waals surface area contributed by atoms with Crippen molar-refractivity contribution in [1.29, 1.82) is 0 Å². The maximum absolute atomic E-state index is 11.2. The van der Waals surface area contributed by atoms with Crippen LogP contribution in [-0.4, -0.2) is 26.2 Å². The first-order chi connectivity index (χ1) is 9.63. The third-order valence-corrected chi connectivity index (χ3v) is 3.99. The molecule has 0 radical (unpaired) electrons. The second kappa shape index (κ2) is 6.64. The molecule has 1 aliphatic carbocycles. The number of hydrogen-bond donors (Lipinski definition) is 1. The molecule has 1 saturated carbocycles. The lowest BCUT2D eigenvalue weighted by molar-refractivity contribution is -0.119. The molecule has 0 aromatic heterocycles. The van der Waals surface area contributed by atoms with Crippen molar-refractivity contribution in [2.24, 2.45) is 5.92 Å². The molecule has 0 heterocycles. The molecule has 2 atom stereocenters. The molecule has 2 rings (SSSR count). The molecule has 0 bridgehead atoms. The fourth-order valence-corrected chi connectivity index (χ4v) is 3.04. The van der Waals surface area contributed by atoms with Crippen LogP contribution < -0.4 is 14.8 Å². The standard InChI is InChI=1S/C16H23NO3/c1-11(18)17-14-6-4-5-13(14)9-12-7-8-15(19-2)16(10-12)20-3/h7-8,10,13-14H,4-6,9H2,1-3H3,(H,17,18)/t13-,14+/m0/s1. The topological polar surface area (TPSA) is 47.6 Å². The fourth-order valence-electron chi connectivity index (χ4n) is 3.04. The van der Waals surface area contributed by atoms with E-state index < -0.39 is 0 Å². The molecular weight excluding hydrogens is 254 g/mol. The van der Waals surface area contributed by atoms with Crippen LogP contribution >= 0.6 is 0 Å². The summed E-state index contributed by atoms with van der Waals surface area (Å²) in [6, 6.07) is 6.35. The van der Waals surface area contributed by atoms with Crippen molar-refractivity contribution in [3.05, 3.63) is 23.8 Å². The first-order valence-electron chi connectivity index (χ1n) is 7.12. The summed E-state index contributed by atoms with van der Waals surface area (Å²) in [7, 11) is 3.29. The van der Waals surface area contributed by atoms with Gasteiger partial charge in [0.2, 0.25) is 5.91 Å². The third kappa shape index (κ3) is 3.44. The van der Waals surface area contributed by atoms with E-state index in [2.05, 4.69) is 11.4 Å². The van der Waals surface area contributed by atoms with E-state index in [0.717, 1.165) is 24.3 Å². The number of benzene rings is 1. The Bertz CT molecular complexity index is 473. The molecule has 1 amide bonds. The van der Waals surface area contributed by atoms with Gasteiger partial charge in [0.25, 0.3) is 0 Å². The Morgan fingerprint density at radius 3 is 2.65 bits per heavy atom. The second-order valence-electron chi connectivity index (χ2n) is 5.39. The highest BCUT2D eigenvalue weighted by atomic mass is 16.5. The van der Waals surface area contributed by atoms with Gasteiger partial charge in [-0.05, 0) is 42.9 Å². The molecule has 1 N–H and O–H groups in total. The van der Waals surface area contributed by atoms with E-state index in [0.29, 0.717) is 12.0 Å². The summed E-state index contributed by atoms with van der Waals surface area (Å²) in [5.41, 5.74) is 1.23. The number of rotatable bonds is 5. The van der Waals surface area contributed by atoms with Crippen molar-refractivity contribution in [1.82, 2.24) is 5.32 Å². The number of carbonyl (C=O) groups excluding carboxylic acids is 1. The van der Waals surface area contributed by atoms with Crippen molar-refractivity contribution >= 4 is 5.91 Å². The van der Waals surface area contributed by atoms with Crippen LogP contribution in [0.15, 0.2) is 18.2 Å². The summed E-state index contributed by atoms with van der Waals surface area (Å²) in [4.78, 5) is 11.2. The van der Waals surface area contributed by atoms with E-state index in [9.17, 15) is 4.79 Å². The van der Waals surface area contributed by atoms with E-state index in [4.69, 9.17) is 9.47 Å². The minimum atomic E-state index is 0.0641. The zero-order valence-corrected chi connectivity index (χ0v) is 12.4. The summed E-state index contributed by atoms with van der Waals surface area (Å²) in [5.74, 6) is 2.09. The van der Waals surface area contributed by atoms with Crippen molar-refractivity contribution in [2.45, 2.75) is 38.6 Å². The summed E-state index contributed by atoms with van der Waals surface area (Å²) in [5, 5.41) is 3.07. The Morgan fingerprint density at radius 2 is 2.00 bits per heavy atom. The monoisotopic (exact) mass is 277 g/mol. The number of carbonyl (C=O) groups is 1. The smallest absolute Gasteiger partial charge is 0.217 e. The van der Waals surface area contributed by atoms with Crippen molar-refractivity contribution in [3.63, 3.8) is 0 Å². The van der Waals surface area contributed by atoms with E-state index in [1.165, 1.54) is 18.4 Å². The quantitative estimate of drug-likeness (QED) is 0.899. The van der Waals surface area contributed by atoms with Gasteiger partial charge in [-0.3, -0.25) is 4.79 Å². The van der Waals surface area contributed by atoms with Crippen LogP contribution in [0.5, 0.6) is 11.5 Å². The van der Waals surface area contributed by atoms with Gasteiger partial charge in [0.05, 0.1) is 14.2 Å². The summed E-state index contributed by atoms with van der Waals surface area (Å²) in [6.45, 7) is 1.59. The van der Waals surface area contributed by atoms with E-state index in [1.54, 1.807) is 21.1 Å². The van der Waals surface area contributed by atoms with Crippen molar-refractivity contribution in [3.8, 4) is 11.5 Å². The lowest BCUT2D eigenvalue weighted by atomic mass is 9.94. The van der Waals surface area contributed by atoms with Gasteiger partial charge in [0.1, 0.15) is 0 Å². The lowest BCUT2D eigenvalue weighted by Crippen LogP contribution is -2.36. The van der Waals surface area contributed by atoms with Crippen LogP contribution in [0.4, 0.5) is 0 Å². The van der Waals surface area contributed by atoms with Gasteiger partial charge in [0.15, 0.2) is 11.5 Å². The maximum atomic E-state index is 11.2. The summed E-state index contributed by atoms with van der Waals surface area (Å²) >= 11 is 0. The predicted octanol–water partition coefficient (Wildman–Crippen LogP) is 2.55. The molecule has 0 unspecified atom stereocenters. The summed E-state index contributed by atoms with van der Waals surface area (Å²) in [6.07, 6.45) is 4.39. The molecule has 1 fully saturated rings. The molecule has 20 heavy (non-hydrogen) atoms. The predicted molar refractivity (Wildman–Crippen MR) is 78.2 cm³/mol. The van der Waals surface area contributed by atoms with Gasteiger partial charge in [-0.25, -0.2) is 0 Å². The number of methoxy groups -OCH3 is 2. The number of nitrogens with one attached hydrogen (secondary N) is 1. The fraction of sp³-hybridized carbons (Fsp3) is 0.562. The Hall–Kier alpha value is -1.71. The van der Waals surface area contributed by atoms with Gasteiger partial charge >= 0.3 is 0 Å². The van der Waals surface area contributed by atoms with Crippen LogP contribution in [0.25, 0.3) is 0 Å². The molecule has 1 aromatic rings. The second-order valence-corrected chi connectivity index (χ2v) is 5.39. The third-order valence-electron chi connectivity index (χ3n) is 3.99. The molecule has 1 aromatic carbocycles. The Labute approximate surface area is 120 Å². The normalized spacial score (nSPS) is 21.6. The van der Waals surface area contributed by atoms with Crippen molar-refractivity contribution < 1.29 is 14.3 Å². The molecule has 0 saturated heterocycles. The van der Waals surface area contributed by atoms with Crippen LogP contribution in [-0.2, 0) is 11.2 Å². The van der Waals surface area contributed by atoms with Gasteiger partial charge in [0, 0.05) is 13.0 Å². The molecular formula is C16H23NO3. The zero-order valence-electron chi connectivity index (χ0n) is 12.4. The van der Waals surface area contributed by atoms with Crippen LogP contribution in [0.2, 0.25) is 0 Å². The highest BCUT2D eigenvalue weighted by molar-refractivity contribution is 5.73. The van der Waals surface area contributed by atoms with Crippen molar-refractivity contribution in [2.75, 3.05) is 14.2 Å². The minimum Gasteiger partial charge on any atom is -0.493 e. The van der Waals surface area contributed by atoms with E-state index in [-0.39, 0.29) is 5.91 Å². The molecule has 110 valence electrons. The average molecular weight is 277 g/mol. The highest BCUT2D eigenvalue weighted by Gasteiger charge is 2.28. The highest BCUT2D eigenvalue weighted by Crippen LogP contribution is 2.32. The maximum Gasteiger partial charge on any atom is 0.217 e. The van der Waals surface area contributed by atoms with E-state index >= 15 is 0 Å². The Morgan fingerprint density at radius 1 is 1.25 bits per heavy atom. The Balaban J connectivity index is 2.07.